The molecule has 2 unspecified atom stereocenters. The largest absolute Gasteiger partial charge is 0.379 e. The topological polar surface area (TPSA) is 47.6 Å². The van der Waals surface area contributed by atoms with Gasteiger partial charge < -0.3 is 14.8 Å². The lowest BCUT2D eigenvalue weighted by atomic mass is 10.0. The van der Waals surface area contributed by atoms with Crippen LogP contribution in [0.1, 0.15) is 18.9 Å². The summed E-state index contributed by atoms with van der Waals surface area (Å²) in [4.78, 5) is 12.1. The van der Waals surface area contributed by atoms with Crippen LogP contribution in [-0.2, 0) is 20.7 Å². The number of carbonyl (C=O) groups excluding carboxylic acids is 1. The Kier molecular flexibility index (Phi) is 6.30. The number of rotatable bonds is 5. The molecular formula is C15H19Cl2NO3. The number of ether oxygens (including phenoxy) is 2. The zero-order valence-corrected chi connectivity index (χ0v) is 13.4. The zero-order valence-electron chi connectivity index (χ0n) is 11.9. The normalized spacial score (nSPS) is 22.0. The Morgan fingerprint density at radius 3 is 2.95 bits per heavy atom. The first-order valence-corrected chi connectivity index (χ1v) is 7.78. The lowest BCUT2D eigenvalue weighted by Gasteiger charge is -2.31. The summed E-state index contributed by atoms with van der Waals surface area (Å²) in [5, 5.41) is 3.96. The Morgan fingerprint density at radius 1 is 1.43 bits per heavy atom. The number of hydrogen-bond donors (Lipinski definition) is 1. The second kappa shape index (κ2) is 7.99. The molecule has 1 aromatic carbocycles. The highest BCUT2D eigenvalue weighted by molar-refractivity contribution is 6.42. The highest BCUT2D eigenvalue weighted by atomic mass is 35.5. The molecule has 1 heterocycles. The van der Waals surface area contributed by atoms with Crippen LogP contribution in [0.5, 0.6) is 0 Å². The third-order valence-corrected chi connectivity index (χ3v) is 4.12. The molecule has 0 spiro atoms. The van der Waals surface area contributed by atoms with Crippen LogP contribution in [0.4, 0.5) is 0 Å². The van der Waals surface area contributed by atoms with Crippen molar-refractivity contribution in [3.63, 3.8) is 0 Å². The number of halogens is 2. The molecule has 2 atom stereocenters. The summed E-state index contributed by atoms with van der Waals surface area (Å²) in [6, 6.07) is 5.21. The zero-order chi connectivity index (χ0) is 15.2. The van der Waals surface area contributed by atoms with E-state index in [1.165, 1.54) is 0 Å². The average Bonchev–Trinajstić information content (AvgIpc) is 2.45. The number of benzene rings is 1. The van der Waals surface area contributed by atoms with Crippen LogP contribution in [0.3, 0.4) is 0 Å². The predicted octanol–water partition coefficient (Wildman–Crippen LogP) is 2.85. The quantitative estimate of drug-likeness (QED) is 0.902. The van der Waals surface area contributed by atoms with Crippen molar-refractivity contribution in [1.29, 1.82) is 0 Å². The highest BCUT2D eigenvalue weighted by Crippen LogP contribution is 2.22. The molecule has 1 aliphatic rings. The molecule has 1 fully saturated rings. The fourth-order valence-electron chi connectivity index (χ4n) is 2.35. The third-order valence-electron chi connectivity index (χ3n) is 3.38. The van der Waals surface area contributed by atoms with Crippen molar-refractivity contribution < 1.29 is 14.3 Å². The van der Waals surface area contributed by atoms with E-state index >= 15 is 0 Å². The SMILES string of the molecule is CCOC1COCCC1NC(=O)Cc1ccc(Cl)c(Cl)c1. The molecule has 0 bridgehead atoms. The molecule has 1 amide bonds. The van der Waals surface area contributed by atoms with Gasteiger partial charge in [-0.2, -0.15) is 0 Å². The Labute approximate surface area is 134 Å². The van der Waals surface area contributed by atoms with Gasteiger partial charge in [0.05, 0.1) is 29.1 Å². The second-order valence-electron chi connectivity index (χ2n) is 4.96. The summed E-state index contributed by atoms with van der Waals surface area (Å²) < 4.78 is 11.0. The summed E-state index contributed by atoms with van der Waals surface area (Å²) in [5.74, 6) is -0.0509. The maximum absolute atomic E-state index is 12.1. The van der Waals surface area contributed by atoms with Crippen molar-refractivity contribution in [2.45, 2.75) is 31.9 Å². The summed E-state index contributed by atoms with van der Waals surface area (Å²) >= 11 is 11.8. The fourth-order valence-corrected chi connectivity index (χ4v) is 2.67. The van der Waals surface area contributed by atoms with Gasteiger partial charge in [0.15, 0.2) is 0 Å². The van der Waals surface area contributed by atoms with E-state index in [1.54, 1.807) is 18.2 Å². The van der Waals surface area contributed by atoms with Crippen LogP contribution in [-0.4, -0.2) is 37.9 Å². The number of amides is 1. The van der Waals surface area contributed by atoms with Gasteiger partial charge in [-0.05, 0) is 31.0 Å². The molecule has 21 heavy (non-hydrogen) atoms. The Morgan fingerprint density at radius 2 is 2.24 bits per heavy atom. The molecule has 116 valence electrons. The van der Waals surface area contributed by atoms with Gasteiger partial charge in [0, 0.05) is 13.2 Å². The minimum Gasteiger partial charge on any atom is -0.379 e. The van der Waals surface area contributed by atoms with E-state index in [2.05, 4.69) is 5.32 Å². The van der Waals surface area contributed by atoms with Crippen molar-refractivity contribution in [1.82, 2.24) is 5.32 Å². The highest BCUT2D eigenvalue weighted by Gasteiger charge is 2.27. The second-order valence-corrected chi connectivity index (χ2v) is 5.77. The molecule has 6 heteroatoms. The van der Waals surface area contributed by atoms with Gasteiger partial charge in [-0.25, -0.2) is 0 Å². The molecule has 0 saturated carbocycles. The number of nitrogens with one attached hydrogen (secondary N) is 1. The van der Waals surface area contributed by atoms with Crippen molar-refractivity contribution in [2.24, 2.45) is 0 Å². The lowest BCUT2D eigenvalue weighted by Crippen LogP contribution is -2.50. The molecule has 2 rings (SSSR count). The minimum absolute atomic E-state index is 0.00558. The minimum atomic E-state index is -0.0819. The van der Waals surface area contributed by atoms with Crippen molar-refractivity contribution in [3.05, 3.63) is 33.8 Å². The molecular weight excluding hydrogens is 313 g/mol. The van der Waals surface area contributed by atoms with E-state index < -0.39 is 0 Å². The third kappa shape index (κ3) is 4.85. The predicted molar refractivity (Wildman–Crippen MR) is 82.9 cm³/mol. The fraction of sp³-hybridized carbons (Fsp3) is 0.533. The summed E-state index contributed by atoms with van der Waals surface area (Å²) in [6.45, 7) is 3.70. The van der Waals surface area contributed by atoms with Crippen LogP contribution in [0.2, 0.25) is 10.0 Å². The van der Waals surface area contributed by atoms with E-state index in [4.69, 9.17) is 32.7 Å². The van der Waals surface area contributed by atoms with Gasteiger partial charge in [-0.1, -0.05) is 29.3 Å². The summed E-state index contributed by atoms with van der Waals surface area (Å²) in [5.41, 5.74) is 0.835. The Hall–Kier alpha value is -0.810. The molecule has 1 aliphatic heterocycles. The molecule has 1 saturated heterocycles. The average molecular weight is 332 g/mol. The summed E-state index contributed by atoms with van der Waals surface area (Å²) in [6.07, 6.45) is 0.951. The molecule has 0 radical (unpaired) electrons. The van der Waals surface area contributed by atoms with Gasteiger partial charge in [-0.15, -0.1) is 0 Å². The molecule has 1 aromatic rings. The van der Waals surface area contributed by atoms with E-state index in [1.807, 2.05) is 6.92 Å². The van der Waals surface area contributed by atoms with Crippen molar-refractivity contribution >= 4 is 29.1 Å². The summed E-state index contributed by atoms with van der Waals surface area (Å²) in [7, 11) is 0. The molecule has 1 N–H and O–H groups in total. The first-order valence-electron chi connectivity index (χ1n) is 7.02. The maximum atomic E-state index is 12.1. The van der Waals surface area contributed by atoms with E-state index in [-0.39, 0.29) is 24.5 Å². The van der Waals surface area contributed by atoms with E-state index in [9.17, 15) is 4.79 Å². The van der Waals surface area contributed by atoms with E-state index in [0.29, 0.717) is 29.9 Å². The first-order chi connectivity index (χ1) is 10.1. The standard InChI is InChI=1S/C15H19Cl2NO3/c1-2-21-14-9-20-6-5-13(14)18-15(19)8-10-3-4-11(16)12(17)7-10/h3-4,7,13-14H,2,5-6,8-9H2,1H3,(H,18,19). The van der Waals surface area contributed by atoms with Crippen LogP contribution >= 0.6 is 23.2 Å². The molecule has 0 aromatic heterocycles. The number of carbonyl (C=O) groups is 1. The van der Waals surface area contributed by atoms with Gasteiger partial charge in [0.2, 0.25) is 5.91 Å². The van der Waals surface area contributed by atoms with Crippen molar-refractivity contribution in [2.75, 3.05) is 19.8 Å². The van der Waals surface area contributed by atoms with Crippen LogP contribution in [0, 0.1) is 0 Å². The van der Waals surface area contributed by atoms with Crippen LogP contribution in [0.25, 0.3) is 0 Å². The smallest absolute Gasteiger partial charge is 0.224 e. The molecule has 4 nitrogen and oxygen atoms in total. The van der Waals surface area contributed by atoms with Gasteiger partial charge >= 0.3 is 0 Å². The lowest BCUT2D eigenvalue weighted by molar-refractivity contribution is -0.125. The van der Waals surface area contributed by atoms with Crippen LogP contribution < -0.4 is 5.32 Å². The van der Waals surface area contributed by atoms with Gasteiger partial charge in [0.1, 0.15) is 6.10 Å². The Balaban J connectivity index is 1.92. The van der Waals surface area contributed by atoms with Crippen molar-refractivity contribution in [3.8, 4) is 0 Å². The van der Waals surface area contributed by atoms with Crippen LogP contribution in [0.15, 0.2) is 18.2 Å². The maximum Gasteiger partial charge on any atom is 0.224 e. The van der Waals surface area contributed by atoms with Gasteiger partial charge in [0.25, 0.3) is 0 Å². The number of hydrogen-bond acceptors (Lipinski definition) is 3. The Bertz CT molecular complexity index is 494. The molecule has 0 aliphatic carbocycles. The van der Waals surface area contributed by atoms with Gasteiger partial charge in [-0.3, -0.25) is 4.79 Å². The first kappa shape index (κ1) is 16.6. The monoisotopic (exact) mass is 331 g/mol. The van der Waals surface area contributed by atoms with E-state index in [0.717, 1.165) is 12.0 Å².